The highest BCUT2D eigenvalue weighted by Crippen LogP contribution is 2.22. The Bertz CT molecular complexity index is 599. The molecule has 128 valence electrons. The Balaban J connectivity index is 2.56. The molecule has 0 bridgehead atoms. The number of ether oxygens (including phenoxy) is 2. The number of hydrogen-bond donors (Lipinski definition) is 1. The molecule has 0 heterocycles. The summed E-state index contributed by atoms with van der Waals surface area (Å²) in [6.45, 7) is 4.79. The van der Waals surface area contributed by atoms with E-state index in [1.807, 2.05) is 0 Å². The molecule has 0 saturated carbocycles. The van der Waals surface area contributed by atoms with Gasteiger partial charge in [-0.3, -0.25) is 4.79 Å². The average Bonchev–Trinajstić information content (AvgIpc) is 2.37. The molecular formula is C15H18F3NO4. The van der Waals surface area contributed by atoms with Crippen molar-refractivity contribution < 1.29 is 32.2 Å². The van der Waals surface area contributed by atoms with Crippen LogP contribution in [-0.2, 0) is 14.3 Å². The quantitative estimate of drug-likeness (QED) is 0.519. The third-order valence-corrected chi connectivity index (χ3v) is 2.69. The van der Waals surface area contributed by atoms with Crippen LogP contribution in [0.5, 0.6) is 0 Å². The molecule has 1 rings (SSSR count). The van der Waals surface area contributed by atoms with Crippen LogP contribution < -0.4 is 5.73 Å². The van der Waals surface area contributed by atoms with E-state index in [9.17, 15) is 22.8 Å². The number of benzene rings is 1. The fourth-order valence-corrected chi connectivity index (χ4v) is 1.67. The van der Waals surface area contributed by atoms with Gasteiger partial charge in [0.25, 0.3) is 0 Å². The summed E-state index contributed by atoms with van der Waals surface area (Å²) in [5.41, 5.74) is 4.56. The number of halogens is 3. The van der Waals surface area contributed by atoms with Crippen molar-refractivity contribution in [2.45, 2.75) is 45.3 Å². The fraction of sp³-hybridized carbons (Fsp3) is 0.467. The summed E-state index contributed by atoms with van der Waals surface area (Å²) < 4.78 is 48.6. The lowest BCUT2D eigenvalue weighted by Crippen LogP contribution is -2.26. The van der Waals surface area contributed by atoms with Gasteiger partial charge in [0.15, 0.2) is 11.6 Å². The lowest BCUT2D eigenvalue weighted by molar-refractivity contribution is -0.141. The van der Waals surface area contributed by atoms with Crippen LogP contribution in [0.25, 0.3) is 0 Å². The van der Waals surface area contributed by atoms with Crippen LogP contribution in [-0.4, -0.2) is 17.7 Å². The van der Waals surface area contributed by atoms with Gasteiger partial charge < -0.3 is 15.2 Å². The van der Waals surface area contributed by atoms with E-state index >= 15 is 0 Å². The summed E-state index contributed by atoms with van der Waals surface area (Å²) in [7, 11) is 0. The summed E-state index contributed by atoms with van der Waals surface area (Å²) in [6.07, 6.45) is -1.60. The molecule has 0 unspecified atom stereocenters. The molecule has 0 spiro atoms. The van der Waals surface area contributed by atoms with Crippen molar-refractivity contribution in [2.75, 3.05) is 0 Å². The van der Waals surface area contributed by atoms with Gasteiger partial charge in [-0.1, -0.05) is 0 Å². The molecule has 8 heteroatoms. The zero-order chi connectivity index (χ0) is 17.8. The molecule has 0 saturated heterocycles. The largest absolute Gasteiger partial charge is 0.516 e. The Morgan fingerprint density at radius 1 is 1.13 bits per heavy atom. The van der Waals surface area contributed by atoms with E-state index in [1.54, 1.807) is 20.8 Å². The molecular weight excluding hydrogens is 315 g/mol. The van der Waals surface area contributed by atoms with Crippen molar-refractivity contribution in [3.63, 3.8) is 0 Å². The number of esters is 1. The molecule has 2 N–H and O–H groups in total. The third-order valence-electron chi connectivity index (χ3n) is 2.69. The SMILES string of the molecule is CC(C)(C)OC(=O)OC(=O)CC[C@@H](N)c1cc(F)c(F)cc1F. The van der Waals surface area contributed by atoms with E-state index in [2.05, 4.69) is 4.74 Å². The summed E-state index contributed by atoms with van der Waals surface area (Å²) in [5, 5.41) is 0. The van der Waals surface area contributed by atoms with Gasteiger partial charge in [-0.15, -0.1) is 0 Å². The van der Waals surface area contributed by atoms with Crippen LogP contribution in [0.2, 0.25) is 0 Å². The molecule has 0 amide bonds. The van der Waals surface area contributed by atoms with E-state index in [1.165, 1.54) is 0 Å². The maximum atomic E-state index is 13.5. The summed E-state index contributed by atoms with van der Waals surface area (Å²) in [4.78, 5) is 22.7. The number of nitrogens with two attached hydrogens (primary N) is 1. The summed E-state index contributed by atoms with van der Waals surface area (Å²) >= 11 is 0. The predicted octanol–water partition coefficient (Wildman–Crippen LogP) is 3.36. The smallest absolute Gasteiger partial charge is 0.428 e. The predicted molar refractivity (Wildman–Crippen MR) is 74.8 cm³/mol. The number of rotatable bonds is 4. The molecule has 5 nitrogen and oxygen atoms in total. The van der Waals surface area contributed by atoms with Crippen molar-refractivity contribution in [1.29, 1.82) is 0 Å². The summed E-state index contributed by atoms with van der Waals surface area (Å²) in [6, 6.07) is -0.0470. The minimum atomic E-state index is -1.33. The standard InChI is InChI=1S/C15H18F3NO4/c1-15(2,3)23-14(21)22-13(20)5-4-12(19)8-6-10(17)11(18)7-9(8)16/h6-7,12H,4-5,19H2,1-3H3/t12-/m1/s1. The molecule has 23 heavy (non-hydrogen) atoms. The first-order valence-corrected chi connectivity index (χ1v) is 6.83. The van der Waals surface area contributed by atoms with Gasteiger partial charge in [-0.2, -0.15) is 0 Å². The van der Waals surface area contributed by atoms with Crippen molar-refractivity contribution in [1.82, 2.24) is 0 Å². The molecule has 0 aliphatic rings. The minimum Gasteiger partial charge on any atom is -0.428 e. The first-order chi connectivity index (χ1) is 10.5. The second-order valence-electron chi connectivity index (χ2n) is 5.87. The van der Waals surface area contributed by atoms with E-state index in [4.69, 9.17) is 10.5 Å². The lowest BCUT2D eigenvalue weighted by atomic mass is 10.0. The van der Waals surface area contributed by atoms with Gasteiger partial charge in [0.2, 0.25) is 0 Å². The Morgan fingerprint density at radius 3 is 2.26 bits per heavy atom. The van der Waals surface area contributed by atoms with E-state index < -0.39 is 41.2 Å². The Hall–Kier alpha value is -2.09. The molecule has 0 aromatic heterocycles. The molecule has 0 fully saturated rings. The van der Waals surface area contributed by atoms with Crippen LogP contribution in [0.15, 0.2) is 12.1 Å². The Kier molecular flexibility index (Phi) is 6.14. The first kappa shape index (κ1) is 19.0. The van der Waals surface area contributed by atoms with E-state index in [0.717, 1.165) is 0 Å². The average molecular weight is 333 g/mol. The highest BCUT2D eigenvalue weighted by molar-refractivity contribution is 5.81. The van der Waals surface area contributed by atoms with Crippen LogP contribution >= 0.6 is 0 Å². The molecule has 0 radical (unpaired) electrons. The lowest BCUT2D eigenvalue weighted by Gasteiger charge is -2.18. The third kappa shape index (κ3) is 6.27. The molecule has 1 atom stereocenters. The number of hydrogen-bond acceptors (Lipinski definition) is 5. The van der Waals surface area contributed by atoms with Gasteiger partial charge >= 0.3 is 12.1 Å². The molecule has 0 aliphatic carbocycles. The topological polar surface area (TPSA) is 78.6 Å². The van der Waals surface area contributed by atoms with E-state index in [0.29, 0.717) is 12.1 Å². The fourth-order valence-electron chi connectivity index (χ4n) is 1.67. The maximum absolute atomic E-state index is 13.5. The number of carbonyl (C=O) groups is 2. The second kappa shape index (κ2) is 7.45. The maximum Gasteiger partial charge on any atom is 0.516 e. The monoisotopic (exact) mass is 333 g/mol. The molecule has 0 aliphatic heterocycles. The highest BCUT2D eigenvalue weighted by atomic mass is 19.2. The van der Waals surface area contributed by atoms with Crippen molar-refractivity contribution in [3.05, 3.63) is 35.1 Å². The first-order valence-electron chi connectivity index (χ1n) is 6.83. The van der Waals surface area contributed by atoms with Crippen molar-refractivity contribution in [3.8, 4) is 0 Å². The van der Waals surface area contributed by atoms with Gasteiger partial charge in [-0.25, -0.2) is 18.0 Å². The molecule has 1 aromatic carbocycles. The van der Waals surface area contributed by atoms with Crippen LogP contribution in [0.1, 0.15) is 45.2 Å². The Labute approximate surface area is 131 Å². The minimum absolute atomic E-state index is 0.121. The zero-order valence-electron chi connectivity index (χ0n) is 13.0. The van der Waals surface area contributed by atoms with Gasteiger partial charge in [0, 0.05) is 24.1 Å². The second-order valence-corrected chi connectivity index (χ2v) is 5.87. The van der Waals surface area contributed by atoms with Crippen LogP contribution in [0.4, 0.5) is 18.0 Å². The zero-order valence-corrected chi connectivity index (χ0v) is 13.0. The Morgan fingerprint density at radius 2 is 1.70 bits per heavy atom. The molecule has 1 aromatic rings. The summed E-state index contributed by atoms with van der Waals surface area (Å²) in [5.74, 6) is -4.51. The van der Waals surface area contributed by atoms with Gasteiger partial charge in [-0.05, 0) is 33.3 Å². The van der Waals surface area contributed by atoms with Gasteiger partial charge in [0.1, 0.15) is 11.4 Å². The highest BCUT2D eigenvalue weighted by Gasteiger charge is 2.22. The normalized spacial score (nSPS) is 12.7. The van der Waals surface area contributed by atoms with E-state index in [-0.39, 0.29) is 18.4 Å². The van der Waals surface area contributed by atoms with Crippen LogP contribution in [0, 0.1) is 17.5 Å². The van der Waals surface area contributed by atoms with Crippen LogP contribution in [0.3, 0.4) is 0 Å². The van der Waals surface area contributed by atoms with Crippen molar-refractivity contribution >= 4 is 12.1 Å². The van der Waals surface area contributed by atoms with Crippen molar-refractivity contribution in [2.24, 2.45) is 5.73 Å². The number of carbonyl (C=O) groups excluding carboxylic acids is 2. The van der Waals surface area contributed by atoms with Gasteiger partial charge in [0.05, 0.1) is 0 Å².